The number of methoxy groups -OCH3 is 1. The van der Waals surface area contributed by atoms with Gasteiger partial charge in [-0.15, -0.1) is 11.3 Å². The van der Waals surface area contributed by atoms with Crippen LogP contribution in [0.3, 0.4) is 0 Å². The Morgan fingerprint density at radius 3 is 2.47 bits per heavy atom. The molecule has 2 aromatic carbocycles. The van der Waals surface area contributed by atoms with Crippen LogP contribution < -0.4 is 10.1 Å². The number of piperidine rings is 1. The fourth-order valence-corrected chi connectivity index (χ4v) is 5.96. The fourth-order valence-electron chi connectivity index (χ4n) is 3.67. The molecule has 0 radical (unpaired) electrons. The van der Waals surface area contributed by atoms with Gasteiger partial charge < -0.3 is 10.1 Å². The average molecular weight is 472 g/mol. The van der Waals surface area contributed by atoms with E-state index in [9.17, 15) is 13.2 Å². The Hall–Kier alpha value is -2.75. The molecule has 0 aliphatic carbocycles. The van der Waals surface area contributed by atoms with Crippen LogP contribution in [0.15, 0.2) is 64.9 Å². The summed E-state index contributed by atoms with van der Waals surface area (Å²) in [4.78, 5) is 17.3. The third-order valence-corrected chi connectivity index (χ3v) is 8.38. The predicted molar refractivity (Wildman–Crippen MR) is 124 cm³/mol. The number of sulfonamides is 1. The van der Waals surface area contributed by atoms with Crippen molar-refractivity contribution in [2.45, 2.75) is 17.7 Å². The Balaban J connectivity index is 1.29. The van der Waals surface area contributed by atoms with Crippen molar-refractivity contribution >= 4 is 27.3 Å². The van der Waals surface area contributed by atoms with E-state index in [0.29, 0.717) is 43.1 Å². The molecule has 9 heteroatoms. The average Bonchev–Trinajstić information content (AvgIpc) is 3.34. The second-order valence-electron chi connectivity index (χ2n) is 7.64. The van der Waals surface area contributed by atoms with Gasteiger partial charge in [-0.25, -0.2) is 13.4 Å². The molecule has 3 aromatic rings. The lowest BCUT2D eigenvalue weighted by molar-refractivity contribution is 0.0937. The summed E-state index contributed by atoms with van der Waals surface area (Å²) < 4.78 is 32.2. The van der Waals surface area contributed by atoms with E-state index < -0.39 is 10.0 Å². The van der Waals surface area contributed by atoms with Crippen LogP contribution in [0, 0.1) is 5.92 Å². The van der Waals surface area contributed by atoms with Crippen LogP contribution in [0.2, 0.25) is 0 Å². The minimum atomic E-state index is -3.46. The first kappa shape index (κ1) is 22.4. The van der Waals surface area contributed by atoms with E-state index in [1.54, 1.807) is 42.8 Å². The number of hydrogen-bond donors (Lipinski definition) is 1. The molecule has 7 nitrogen and oxygen atoms in total. The number of carbonyl (C=O) groups excluding carboxylic acids is 1. The molecule has 1 amide bonds. The maximum Gasteiger partial charge on any atom is 0.270 e. The SMILES string of the molecule is COc1ccc(-c2nc(C(=O)NCC3CCN(S(=O)(=O)c4ccccc4)CC3)cs2)cc1. The van der Waals surface area contributed by atoms with Crippen LogP contribution in [-0.4, -0.2) is 50.4 Å². The van der Waals surface area contributed by atoms with Gasteiger partial charge in [-0.2, -0.15) is 4.31 Å². The Bertz CT molecular complexity index is 1150. The van der Waals surface area contributed by atoms with Crippen molar-refractivity contribution in [2.75, 3.05) is 26.7 Å². The number of rotatable bonds is 7. The van der Waals surface area contributed by atoms with Gasteiger partial charge >= 0.3 is 0 Å². The summed E-state index contributed by atoms with van der Waals surface area (Å²) in [6, 6.07) is 16.1. The van der Waals surface area contributed by atoms with Crippen molar-refractivity contribution in [1.82, 2.24) is 14.6 Å². The van der Waals surface area contributed by atoms with E-state index in [4.69, 9.17) is 4.74 Å². The maximum absolute atomic E-state index is 12.7. The lowest BCUT2D eigenvalue weighted by Gasteiger charge is -2.31. The van der Waals surface area contributed by atoms with Gasteiger partial charge in [0.1, 0.15) is 16.5 Å². The molecule has 32 heavy (non-hydrogen) atoms. The zero-order chi connectivity index (χ0) is 22.6. The van der Waals surface area contributed by atoms with E-state index in [1.807, 2.05) is 24.3 Å². The first-order valence-electron chi connectivity index (χ1n) is 10.4. The highest BCUT2D eigenvalue weighted by atomic mass is 32.2. The summed E-state index contributed by atoms with van der Waals surface area (Å²) in [5.74, 6) is 0.798. The minimum Gasteiger partial charge on any atom is -0.497 e. The molecule has 1 saturated heterocycles. The van der Waals surface area contributed by atoms with Crippen LogP contribution in [0.5, 0.6) is 5.75 Å². The molecule has 2 heterocycles. The molecule has 1 fully saturated rings. The smallest absolute Gasteiger partial charge is 0.270 e. The highest BCUT2D eigenvalue weighted by molar-refractivity contribution is 7.89. The second kappa shape index (κ2) is 9.81. The predicted octanol–water partition coefficient (Wildman–Crippen LogP) is 3.65. The second-order valence-corrected chi connectivity index (χ2v) is 10.4. The first-order chi connectivity index (χ1) is 15.5. The molecule has 0 spiro atoms. The molecule has 0 saturated carbocycles. The van der Waals surface area contributed by atoms with Gasteiger partial charge in [0, 0.05) is 30.6 Å². The molecule has 1 N–H and O–H groups in total. The van der Waals surface area contributed by atoms with Gasteiger partial charge in [-0.05, 0) is 55.2 Å². The van der Waals surface area contributed by atoms with E-state index in [0.717, 1.165) is 16.3 Å². The third-order valence-electron chi connectivity index (χ3n) is 5.58. The zero-order valence-corrected chi connectivity index (χ0v) is 19.4. The number of hydrogen-bond acceptors (Lipinski definition) is 6. The van der Waals surface area contributed by atoms with Crippen LogP contribution in [0.1, 0.15) is 23.3 Å². The normalized spacial score (nSPS) is 15.4. The zero-order valence-electron chi connectivity index (χ0n) is 17.7. The van der Waals surface area contributed by atoms with Crippen LogP contribution in [0.4, 0.5) is 0 Å². The van der Waals surface area contributed by atoms with Crippen LogP contribution in [0.25, 0.3) is 10.6 Å². The molecule has 4 rings (SSSR count). The molecular formula is C23H25N3O4S2. The molecule has 1 aromatic heterocycles. The molecule has 0 bridgehead atoms. The number of nitrogens with zero attached hydrogens (tertiary/aromatic N) is 2. The van der Waals surface area contributed by atoms with Crippen molar-refractivity contribution in [3.8, 4) is 16.3 Å². The van der Waals surface area contributed by atoms with Crippen LogP contribution in [-0.2, 0) is 10.0 Å². The van der Waals surface area contributed by atoms with Gasteiger partial charge in [0.05, 0.1) is 12.0 Å². The number of benzene rings is 2. The van der Waals surface area contributed by atoms with Crippen molar-refractivity contribution < 1.29 is 17.9 Å². The monoisotopic (exact) mass is 471 g/mol. The first-order valence-corrected chi connectivity index (χ1v) is 12.7. The van der Waals surface area contributed by atoms with E-state index >= 15 is 0 Å². The number of carbonyl (C=O) groups is 1. The van der Waals surface area contributed by atoms with Crippen molar-refractivity contribution in [3.05, 3.63) is 65.7 Å². The molecule has 0 unspecified atom stereocenters. The number of aromatic nitrogens is 1. The standard InChI is InChI=1S/C23H25N3O4S2/c1-30-19-9-7-18(8-10-19)23-25-21(16-31-23)22(27)24-15-17-11-13-26(14-12-17)32(28,29)20-5-3-2-4-6-20/h2-10,16-17H,11-15H2,1H3,(H,24,27). The summed E-state index contributed by atoms with van der Waals surface area (Å²) in [7, 11) is -1.84. The molecular weight excluding hydrogens is 446 g/mol. The van der Waals surface area contributed by atoms with E-state index in [-0.39, 0.29) is 11.8 Å². The quantitative estimate of drug-likeness (QED) is 0.568. The summed E-state index contributed by atoms with van der Waals surface area (Å²) in [5, 5.41) is 5.48. The molecule has 0 atom stereocenters. The topological polar surface area (TPSA) is 88.6 Å². The minimum absolute atomic E-state index is 0.208. The molecule has 1 aliphatic heterocycles. The maximum atomic E-state index is 12.7. The Labute approximate surface area is 192 Å². The molecule has 1 aliphatic rings. The summed E-state index contributed by atoms with van der Waals surface area (Å²) >= 11 is 1.42. The van der Waals surface area contributed by atoms with Crippen LogP contribution >= 0.6 is 11.3 Å². The Kier molecular flexibility index (Phi) is 6.88. The van der Waals surface area contributed by atoms with Gasteiger partial charge in [0.2, 0.25) is 10.0 Å². The largest absolute Gasteiger partial charge is 0.497 e. The van der Waals surface area contributed by atoms with E-state index in [1.165, 1.54) is 15.6 Å². The van der Waals surface area contributed by atoms with Gasteiger partial charge in [-0.1, -0.05) is 18.2 Å². The summed E-state index contributed by atoms with van der Waals surface area (Å²) in [6.45, 7) is 1.42. The summed E-state index contributed by atoms with van der Waals surface area (Å²) in [6.07, 6.45) is 1.42. The highest BCUT2D eigenvalue weighted by Crippen LogP contribution is 2.26. The number of amides is 1. The number of ether oxygens (including phenoxy) is 1. The fraction of sp³-hybridized carbons (Fsp3) is 0.304. The van der Waals surface area contributed by atoms with Crippen molar-refractivity contribution in [3.63, 3.8) is 0 Å². The molecule has 168 valence electrons. The van der Waals surface area contributed by atoms with Gasteiger partial charge in [0.25, 0.3) is 5.91 Å². The van der Waals surface area contributed by atoms with E-state index in [2.05, 4.69) is 10.3 Å². The van der Waals surface area contributed by atoms with Gasteiger partial charge in [0.15, 0.2) is 0 Å². The number of nitrogens with one attached hydrogen (secondary N) is 1. The van der Waals surface area contributed by atoms with Gasteiger partial charge in [-0.3, -0.25) is 4.79 Å². The summed E-state index contributed by atoms with van der Waals surface area (Å²) in [5.41, 5.74) is 1.33. The Morgan fingerprint density at radius 1 is 1.12 bits per heavy atom. The number of thiazole rings is 1. The Morgan fingerprint density at radius 2 is 1.81 bits per heavy atom. The third kappa shape index (κ3) is 5.01. The lowest BCUT2D eigenvalue weighted by Crippen LogP contribution is -2.41. The van der Waals surface area contributed by atoms with Crippen molar-refractivity contribution in [2.24, 2.45) is 5.92 Å². The van der Waals surface area contributed by atoms with Crippen molar-refractivity contribution in [1.29, 1.82) is 0 Å². The lowest BCUT2D eigenvalue weighted by atomic mass is 9.98. The highest BCUT2D eigenvalue weighted by Gasteiger charge is 2.29.